The van der Waals surface area contributed by atoms with Gasteiger partial charge in [-0.1, -0.05) is 58.0 Å². The van der Waals surface area contributed by atoms with Crippen LogP contribution in [0.4, 0.5) is 0 Å². The van der Waals surface area contributed by atoms with Gasteiger partial charge in [-0.25, -0.2) is 0 Å². The van der Waals surface area contributed by atoms with Crippen LogP contribution in [0.2, 0.25) is 0 Å². The van der Waals surface area contributed by atoms with Gasteiger partial charge in [0.05, 0.1) is 0 Å². The van der Waals surface area contributed by atoms with Crippen LogP contribution in [0.3, 0.4) is 0 Å². The Kier molecular flexibility index (Phi) is 6.07. The number of benzene rings is 1. The summed E-state index contributed by atoms with van der Waals surface area (Å²) in [6.07, 6.45) is 1.12. The Hall–Kier alpha value is -0.470. The zero-order chi connectivity index (χ0) is 12.7. The molecule has 2 heteroatoms. The van der Waals surface area contributed by atoms with Gasteiger partial charge >= 0.3 is 0 Å². The van der Waals surface area contributed by atoms with E-state index in [1.807, 2.05) is 11.8 Å². The highest BCUT2D eigenvalue weighted by molar-refractivity contribution is 8.00. The highest BCUT2D eigenvalue weighted by Gasteiger charge is 2.15. The van der Waals surface area contributed by atoms with Crippen molar-refractivity contribution in [3.8, 4) is 0 Å². The third-order valence-corrected chi connectivity index (χ3v) is 3.97. The van der Waals surface area contributed by atoms with E-state index in [0.717, 1.165) is 13.0 Å². The Morgan fingerprint density at radius 3 is 2.35 bits per heavy atom. The first-order valence-electron chi connectivity index (χ1n) is 6.42. The third kappa shape index (κ3) is 6.75. The molecular weight excluding hydrogens is 226 g/mol. The van der Waals surface area contributed by atoms with Gasteiger partial charge in [0.25, 0.3) is 0 Å². The van der Waals surface area contributed by atoms with Crippen LogP contribution in [0, 0.1) is 0 Å². The molecule has 1 aromatic rings. The lowest BCUT2D eigenvalue weighted by Crippen LogP contribution is -2.34. The standard InChI is InChI=1S/C15H25NS/c1-5-16-14(12-17-15(2,3)4)11-13-9-7-6-8-10-13/h6-10,14,16H,5,11-12H2,1-4H3. The second-order valence-corrected chi connectivity index (χ2v) is 7.21. The number of nitrogens with one attached hydrogen (secondary N) is 1. The Labute approximate surface area is 110 Å². The topological polar surface area (TPSA) is 12.0 Å². The van der Waals surface area contributed by atoms with Crippen LogP contribution in [0.1, 0.15) is 33.3 Å². The average Bonchev–Trinajstić information content (AvgIpc) is 2.27. The fourth-order valence-corrected chi connectivity index (χ4v) is 2.66. The Bertz CT molecular complexity index is 302. The van der Waals surface area contributed by atoms with Crippen molar-refractivity contribution in [3.63, 3.8) is 0 Å². The number of hydrogen-bond acceptors (Lipinski definition) is 2. The molecule has 1 nitrogen and oxygen atoms in total. The summed E-state index contributed by atoms with van der Waals surface area (Å²) in [6.45, 7) is 10.1. The lowest BCUT2D eigenvalue weighted by molar-refractivity contribution is 0.570. The maximum atomic E-state index is 3.58. The number of rotatable bonds is 6. The zero-order valence-electron chi connectivity index (χ0n) is 11.5. The monoisotopic (exact) mass is 251 g/mol. The fraction of sp³-hybridized carbons (Fsp3) is 0.600. The molecule has 0 aliphatic carbocycles. The highest BCUT2D eigenvalue weighted by atomic mass is 32.2. The molecule has 1 unspecified atom stereocenters. The molecule has 96 valence electrons. The zero-order valence-corrected chi connectivity index (χ0v) is 12.3. The molecule has 0 saturated carbocycles. The Balaban J connectivity index is 2.49. The van der Waals surface area contributed by atoms with Gasteiger partial charge in [-0.2, -0.15) is 11.8 Å². The summed E-state index contributed by atoms with van der Waals surface area (Å²) in [7, 11) is 0. The van der Waals surface area contributed by atoms with Crippen LogP contribution in [0.25, 0.3) is 0 Å². The first kappa shape index (κ1) is 14.6. The van der Waals surface area contributed by atoms with E-state index in [2.05, 4.69) is 63.3 Å². The van der Waals surface area contributed by atoms with Gasteiger partial charge in [-0.3, -0.25) is 0 Å². The second kappa shape index (κ2) is 7.07. The Morgan fingerprint density at radius 1 is 1.18 bits per heavy atom. The van der Waals surface area contributed by atoms with Crippen LogP contribution < -0.4 is 5.32 Å². The van der Waals surface area contributed by atoms with E-state index in [9.17, 15) is 0 Å². The SMILES string of the molecule is CCNC(CSC(C)(C)C)Cc1ccccc1. The first-order chi connectivity index (χ1) is 8.01. The molecule has 1 aromatic carbocycles. The summed E-state index contributed by atoms with van der Waals surface area (Å²) in [5.74, 6) is 1.17. The van der Waals surface area contributed by atoms with E-state index in [4.69, 9.17) is 0 Å². The molecule has 0 amide bonds. The molecule has 0 fully saturated rings. The molecule has 0 radical (unpaired) electrons. The summed E-state index contributed by atoms with van der Waals surface area (Å²) in [5.41, 5.74) is 1.42. The van der Waals surface area contributed by atoms with Gasteiger partial charge in [0.15, 0.2) is 0 Å². The van der Waals surface area contributed by atoms with Crippen LogP contribution in [-0.4, -0.2) is 23.1 Å². The van der Waals surface area contributed by atoms with Gasteiger partial charge in [-0.15, -0.1) is 0 Å². The van der Waals surface area contributed by atoms with Crippen LogP contribution in [0.15, 0.2) is 30.3 Å². The van der Waals surface area contributed by atoms with E-state index in [1.54, 1.807) is 0 Å². The molecule has 1 rings (SSSR count). The van der Waals surface area contributed by atoms with Crippen LogP contribution in [-0.2, 0) is 6.42 Å². The van der Waals surface area contributed by atoms with Crippen molar-refractivity contribution >= 4 is 11.8 Å². The van der Waals surface area contributed by atoms with Gasteiger partial charge in [0, 0.05) is 16.5 Å². The molecule has 1 N–H and O–H groups in total. The molecule has 0 aliphatic heterocycles. The van der Waals surface area contributed by atoms with Crippen molar-refractivity contribution in [2.24, 2.45) is 0 Å². The summed E-state index contributed by atoms with van der Waals surface area (Å²) in [6, 6.07) is 11.3. The van der Waals surface area contributed by atoms with Crippen molar-refractivity contribution in [2.45, 2.75) is 44.9 Å². The molecule has 1 atom stereocenters. The number of thioether (sulfide) groups is 1. The predicted octanol–water partition coefficient (Wildman–Crippen LogP) is 3.74. The molecule has 0 aliphatic rings. The van der Waals surface area contributed by atoms with Crippen molar-refractivity contribution in [3.05, 3.63) is 35.9 Å². The van der Waals surface area contributed by atoms with Gasteiger partial charge in [0.2, 0.25) is 0 Å². The summed E-state index contributed by atoms with van der Waals surface area (Å²) < 4.78 is 0.352. The van der Waals surface area contributed by atoms with Crippen molar-refractivity contribution in [1.29, 1.82) is 0 Å². The molecular formula is C15H25NS. The summed E-state index contributed by atoms with van der Waals surface area (Å²) in [5, 5.41) is 3.58. The van der Waals surface area contributed by atoms with E-state index in [1.165, 1.54) is 11.3 Å². The molecule has 0 aromatic heterocycles. The normalized spacial score (nSPS) is 13.6. The maximum absolute atomic E-state index is 3.58. The molecule has 0 heterocycles. The van der Waals surface area contributed by atoms with Crippen molar-refractivity contribution in [1.82, 2.24) is 5.32 Å². The minimum Gasteiger partial charge on any atom is -0.313 e. The minimum atomic E-state index is 0.352. The van der Waals surface area contributed by atoms with E-state index < -0.39 is 0 Å². The quantitative estimate of drug-likeness (QED) is 0.826. The van der Waals surface area contributed by atoms with Gasteiger partial charge < -0.3 is 5.32 Å². The number of likely N-dealkylation sites (N-methyl/N-ethyl adjacent to an activating group) is 1. The van der Waals surface area contributed by atoms with E-state index >= 15 is 0 Å². The van der Waals surface area contributed by atoms with Gasteiger partial charge in [-0.05, 0) is 18.5 Å². The third-order valence-electron chi connectivity index (χ3n) is 2.54. The Morgan fingerprint density at radius 2 is 1.82 bits per heavy atom. The largest absolute Gasteiger partial charge is 0.313 e. The van der Waals surface area contributed by atoms with E-state index in [-0.39, 0.29) is 0 Å². The maximum Gasteiger partial charge on any atom is 0.0198 e. The first-order valence-corrected chi connectivity index (χ1v) is 7.41. The highest BCUT2D eigenvalue weighted by Crippen LogP contribution is 2.24. The molecule has 0 bridgehead atoms. The molecule has 17 heavy (non-hydrogen) atoms. The van der Waals surface area contributed by atoms with Crippen molar-refractivity contribution in [2.75, 3.05) is 12.3 Å². The molecule has 0 saturated heterocycles. The van der Waals surface area contributed by atoms with E-state index in [0.29, 0.717) is 10.8 Å². The fourth-order valence-electron chi connectivity index (χ4n) is 1.73. The lowest BCUT2D eigenvalue weighted by atomic mass is 10.1. The molecule has 0 spiro atoms. The second-order valence-electron chi connectivity index (χ2n) is 5.37. The smallest absolute Gasteiger partial charge is 0.0198 e. The van der Waals surface area contributed by atoms with Crippen LogP contribution in [0.5, 0.6) is 0 Å². The van der Waals surface area contributed by atoms with Crippen molar-refractivity contribution < 1.29 is 0 Å². The summed E-state index contributed by atoms with van der Waals surface area (Å²) >= 11 is 2.04. The average molecular weight is 251 g/mol. The minimum absolute atomic E-state index is 0.352. The van der Waals surface area contributed by atoms with Crippen LogP contribution >= 0.6 is 11.8 Å². The lowest BCUT2D eigenvalue weighted by Gasteiger charge is -2.23. The van der Waals surface area contributed by atoms with Gasteiger partial charge in [0.1, 0.15) is 0 Å². The predicted molar refractivity (Wildman–Crippen MR) is 79.8 cm³/mol. The summed E-state index contributed by atoms with van der Waals surface area (Å²) in [4.78, 5) is 0. The number of hydrogen-bond donors (Lipinski definition) is 1.